The molecule has 1 rings (SSSR count). The van der Waals surface area contributed by atoms with Gasteiger partial charge in [0.15, 0.2) is 0 Å². The van der Waals surface area contributed by atoms with E-state index in [2.05, 4.69) is 11.7 Å². The Kier molecular flexibility index (Phi) is 1.68. The molecule has 2 heteroatoms. The van der Waals surface area contributed by atoms with Gasteiger partial charge in [-0.1, -0.05) is 6.08 Å². The molecule has 0 aliphatic heterocycles. The summed E-state index contributed by atoms with van der Waals surface area (Å²) in [6.45, 7) is 3.64. The number of hydrogen-bond donors (Lipinski definition) is 0. The van der Waals surface area contributed by atoms with Gasteiger partial charge in [-0.05, 0) is 6.07 Å². The average molecular weight is 122 g/mol. The van der Waals surface area contributed by atoms with Crippen molar-refractivity contribution in [2.45, 2.75) is 6.42 Å². The molecule has 0 fully saturated rings. The predicted molar refractivity (Wildman–Crippen MR) is 37.1 cm³/mol. The van der Waals surface area contributed by atoms with E-state index in [9.17, 15) is 0 Å². The first-order valence-electron chi connectivity index (χ1n) is 2.92. The second-order valence-electron chi connectivity index (χ2n) is 1.94. The zero-order valence-corrected chi connectivity index (χ0v) is 5.54. The fraction of sp³-hybridized carbons (Fsp3) is 0.286. The van der Waals surface area contributed by atoms with Crippen LogP contribution < -0.4 is 0 Å². The molecule has 0 atom stereocenters. The molecule has 0 saturated carbocycles. The van der Waals surface area contributed by atoms with Gasteiger partial charge >= 0.3 is 0 Å². The van der Waals surface area contributed by atoms with Gasteiger partial charge in [0.05, 0.1) is 0 Å². The van der Waals surface area contributed by atoms with Crippen molar-refractivity contribution in [3.05, 3.63) is 30.6 Å². The molecule has 9 heavy (non-hydrogen) atoms. The maximum absolute atomic E-state index is 4.00. The summed E-state index contributed by atoms with van der Waals surface area (Å²) < 4.78 is 1.85. The molecular formula is C7H10N2. The Morgan fingerprint density at radius 1 is 1.89 bits per heavy atom. The molecule has 0 aromatic carbocycles. The van der Waals surface area contributed by atoms with Crippen LogP contribution in [-0.2, 0) is 13.5 Å². The van der Waals surface area contributed by atoms with Crippen LogP contribution in [0, 0.1) is 0 Å². The molecule has 0 unspecified atom stereocenters. The molecule has 0 aliphatic carbocycles. The van der Waals surface area contributed by atoms with Crippen LogP contribution in [0.2, 0.25) is 0 Å². The molecule has 0 radical (unpaired) electrons. The summed E-state index contributed by atoms with van der Waals surface area (Å²) in [6.07, 6.45) is 4.56. The highest BCUT2D eigenvalue weighted by Gasteiger charge is 1.91. The highest BCUT2D eigenvalue weighted by atomic mass is 15.2. The Bertz CT molecular complexity index is 200. The van der Waals surface area contributed by atoms with Crippen molar-refractivity contribution in [1.82, 2.24) is 9.78 Å². The van der Waals surface area contributed by atoms with E-state index in [-0.39, 0.29) is 0 Å². The second-order valence-corrected chi connectivity index (χ2v) is 1.94. The van der Waals surface area contributed by atoms with Crippen LogP contribution >= 0.6 is 0 Å². The first kappa shape index (κ1) is 6.08. The van der Waals surface area contributed by atoms with Crippen LogP contribution in [0.3, 0.4) is 0 Å². The Morgan fingerprint density at radius 2 is 2.67 bits per heavy atom. The van der Waals surface area contributed by atoms with E-state index >= 15 is 0 Å². The Balaban J connectivity index is 2.80. The van der Waals surface area contributed by atoms with Crippen molar-refractivity contribution >= 4 is 0 Å². The van der Waals surface area contributed by atoms with Gasteiger partial charge in [-0.15, -0.1) is 6.58 Å². The molecule has 48 valence electrons. The van der Waals surface area contributed by atoms with Gasteiger partial charge < -0.3 is 0 Å². The van der Waals surface area contributed by atoms with E-state index in [1.54, 1.807) is 6.20 Å². The summed E-state index contributed by atoms with van der Waals surface area (Å²) >= 11 is 0. The van der Waals surface area contributed by atoms with Crippen molar-refractivity contribution in [3.63, 3.8) is 0 Å². The minimum Gasteiger partial charge on any atom is -0.272 e. The van der Waals surface area contributed by atoms with Crippen molar-refractivity contribution in [1.29, 1.82) is 0 Å². The summed E-state index contributed by atoms with van der Waals surface area (Å²) in [5.41, 5.74) is 1.20. The van der Waals surface area contributed by atoms with Gasteiger partial charge in [0.1, 0.15) is 0 Å². The fourth-order valence-corrected chi connectivity index (χ4v) is 0.749. The number of nitrogens with zero attached hydrogens (tertiary/aromatic N) is 2. The quantitative estimate of drug-likeness (QED) is 0.538. The lowest BCUT2D eigenvalue weighted by molar-refractivity contribution is 0.728. The van der Waals surface area contributed by atoms with E-state index in [1.165, 1.54) is 5.69 Å². The Labute approximate surface area is 54.8 Å². The molecule has 0 aliphatic rings. The van der Waals surface area contributed by atoms with Crippen molar-refractivity contribution < 1.29 is 0 Å². The smallest absolute Gasteiger partial charge is 0.0492 e. The van der Waals surface area contributed by atoms with Crippen LogP contribution in [0.4, 0.5) is 0 Å². The zero-order valence-electron chi connectivity index (χ0n) is 5.54. The lowest BCUT2D eigenvalue weighted by Gasteiger charge is -1.93. The molecule has 2 nitrogen and oxygen atoms in total. The minimum absolute atomic E-state index is 0.899. The van der Waals surface area contributed by atoms with Gasteiger partial charge in [-0.2, -0.15) is 5.10 Å². The van der Waals surface area contributed by atoms with E-state index < -0.39 is 0 Å². The Hall–Kier alpha value is -1.05. The number of aromatic nitrogens is 2. The molecule has 0 bridgehead atoms. The number of allylic oxidation sites excluding steroid dienone is 1. The minimum atomic E-state index is 0.899. The lowest BCUT2D eigenvalue weighted by Crippen LogP contribution is -1.95. The highest BCUT2D eigenvalue weighted by Crippen LogP contribution is 1.96. The largest absolute Gasteiger partial charge is 0.272 e. The highest BCUT2D eigenvalue weighted by molar-refractivity contribution is 5.03. The summed E-state index contributed by atoms with van der Waals surface area (Å²) in [7, 11) is 1.93. The van der Waals surface area contributed by atoms with Crippen molar-refractivity contribution in [3.8, 4) is 0 Å². The fourth-order valence-electron chi connectivity index (χ4n) is 0.749. The van der Waals surface area contributed by atoms with Crippen LogP contribution in [0.1, 0.15) is 5.69 Å². The van der Waals surface area contributed by atoms with Crippen molar-refractivity contribution in [2.24, 2.45) is 7.05 Å². The maximum atomic E-state index is 4.00. The van der Waals surface area contributed by atoms with Crippen LogP contribution in [-0.4, -0.2) is 9.78 Å². The lowest BCUT2D eigenvalue weighted by atomic mass is 10.3. The van der Waals surface area contributed by atoms with Crippen LogP contribution in [0.5, 0.6) is 0 Å². The van der Waals surface area contributed by atoms with E-state index in [1.807, 2.05) is 23.9 Å². The van der Waals surface area contributed by atoms with Gasteiger partial charge in [0.25, 0.3) is 0 Å². The third-order valence-electron chi connectivity index (χ3n) is 1.28. The summed E-state index contributed by atoms with van der Waals surface area (Å²) in [5.74, 6) is 0. The van der Waals surface area contributed by atoms with E-state index in [4.69, 9.17) is 0 Å². The summed E-state index contributed by atoms with van der Waals surface area (Å²) in [5, 5.41) is 4.00. The van der Waals surface area contributed by atoms with Crippen LogP contribution in [0.25, 0.3) is 0 Å². The van der Waals surface area contributed by atoms with Crippen molar-refractivity contribution in [2.75, 3.05) is 0 Å². The molecule has 0 amide bonds. The molecule has 0 saturated heterocycles. The first-order valence-corrected chi connectivity index (χ1v) is 2.92. The number of aryl methyl sites for hydroxylation is 1. The second kappa shape index (κ2) is 2.49. The topological polar surface area (TPSA) is 17.8 Å². The first-order chi connectivity index (χ1) is 4.34. The number of hydrogen-bond acceptors (Lipinski definition) is 1. The van der Waals surface area contributed by atoms with Gasteiger partial charge in [-0.25, -0.2) is 0 Å². The Morgan fingerprint density at radius 3 is 3.11 bits per heavy atom. The molecule has 0 N–H and O–H groups in total. The molecular weight excluding hydrogens is 112 g/mol. The standard InChI is InChI=1S/C7H10N2/c1-3-4-7-5-6-8-9(7)2/h3,5-6H,1,4H2,2H3. The molecule has 0 spiro atoms. The third kappa shape index (κ3) is 1.19. The normalized spacial score (nSPS) is 9.44. The van der Waals surface area contributed by atoms with Gasteiger partial charge in [-0.3, -0.25) is 4.68 Å². The summed E-state index contributed by atoms with van der Waals surface area (Å²) in [6, 6.07) is 1.99. The third-order valence-corrected chi connectivity index (χ3v) is 1.28. The van der Waals surface area contributed by atoms with E-state index in [0.29, 0.717) is 0 Å². The molecule has 1 heterocycles. The maximum Gasteiger partial charge on any atom is 0.0492 e. The zero-order chi connectivity index (χ0) is 6.69. The molecule has 1 aromatic heterocycles. The van der Waals surface area contributed by atoms with Crippen LogP contribution in [0.15, 0.2) is 24.9 Å². The summed E-state index contributed by atoms with van der Waals surface area (Å²) in [4.78, 5) is 0. The van der Waals surface area contributed by atoms with E-state index in [0.717, 1.165) is 6.42 Å². The predicted octanol–water partition coefficient (Wildman–Crippen LogP) is 1.15. The molecule has 1 aromatic rings. The average Bonchev–Trinajstić information content (AvgIpc) is 2.18. The SMILES string of the molecule is C=CCc1ccnn1C. The van der Waals surface area contributed by atoms with Gasteiger partial charge in [0, 0.05) is 25.4 Å². The van der Waals surface area contributed by atoms with Gasteiger partial charge in [0.2, 0.25) is 0 Å². The number of rotatable bonds is 2. The monoisotopic (exact) mass is 122 g/mol.